The minimum absolute atomic E-state index is 0.0195. The number of carbonyl (C=O) groups is 4. The van der Waals surface area contributed by atoms with E-state index in [0.717, 1.165) is 51.3 Å². The molecular formula is C60H71N13O7S2. The van der Waals surface area contributed by atoms with Gasteiger partial charge >= 0.3 is 0 Å². The Morgan fingerprint density at radius 1 is 0.890 bits per heavy atom. The number of β-amino-alcohol motifs (C(OH)–C–C–N with tert-alkyl or cyclic N) is 1. The number of hydrogen-bond donors (Lipinski definition) is 5. The molecule has 4 aromatic heterocycles. The second-order valence-electron chi connectivity index (χ2n) is 24.7. The van der Waals surface area contributed by atoms with Crippen molar-refractivity contribution in [3.63, 3.8) is 0 Å². The standard InChI is InChI=1S/C60H71N13O7S2/c1-8-37-13-15-38(16-14-37)29-61-55(76)47-25-43(74)33-72(47)57(78)52(59(4,5)6)65-54(75)42-31-71(32-42)19-20-82(79,80)69-56(77)51-44(45-30-62-73(36(45)3)34-60-26-39-22-40(27-60)24-41(23-39)28-60)17-18-49(64-51)70(7)50-21-35(2)53(68-67-50)66-58-63-46-11-9-10-12-48(46)81-58/h1,9-18,21,30,39-43,47,52,74H,19-20,22-29,31-34H2,2-7H3,(H,61,76)(H,65,75)(H,69,77)(H,63,66,68)/t39?,40?,41?,43-,47+,52-,60?/m1/s1. The Labute approximate surface area is 482 Å². The van der Waals surface area contributed by atoms with Gasteiger partial charge in [-0.25, -0.2) is 23.1 Å². The number of benzene rings is 2. The summed E-state index contributed by atoms with van der Waals surface area (Å²) in [6.07, 6.45) is 13.9. The molecule has 20 nitrogen and oxygen atoms in total. The van der Waals surface area contributed by atoms with Crippen LogP contribution in [0.1, 0.15) is 98.6 Å². The summed E-state index contributed by atoms with van der Waals surface area (Å²) in [5.74, 6) is 2.94. The van der Waals surface area contributed by atoms with E-state index in [2.05, 4.69) is 46.5 Å². The number of terminal acetylenes is 1. The number of nitrogens with one attached hydrogen (secondary N) is 4. The number of anilines is 4. The number of hydrogen-bond acceptors (Lipinski definition) is 16. The summed E-state index contributed by atoms with van der Waals surface area (Å²) >= 11 is 1.51. The number of aromatic nitrogens is 6. The van der Waals surface area contributed by atoms with Crippen LogP contribution in [0.15, 0.2) is 72.9 Å². The predicted molar refractivity (Wildman–Crippen MR) is 313 cm³/mol. The Morgan fingerprint density at radius 3 is 2.27 bits per heavy atom. The smallest absolute Gasteiger partial charge is 0.284 e. The Kier molecular flexibility index (Phi) is 15.5. The molecule has 2 saturated heterocycles. The van der Waals surface area contributed by atoms with Crippen molar-refractivity contribution in [2.45, 2.75) is 111 Å². The van der Waals surface area contributed by atoms with Crippen LogP contribution in [0.3, 0.4) is 0 Å². The molecule has 82 heavy (non-hydrogen) atoms. The fourth-order valence-electron chi connectivity index (χ4n) is 13.4. The van der Waals surface area contributed by atoms with Gasteiger partial charge < -0.3 is 35.8 Å². The van der Waals surface area contributed by atoms with Crippen molar-refractivity contribution in [3.05, 3.63) is 101 Å². The van der Waals surface area contributed by atoms with Gasteiger partial charge in [0.1, 0.15) is 23.6 Å². The highest BCUT2D eigenvalue weighted by Gasteiger charge is 2.51. The van der Waals surface area contributed by atoms with Crippen molar-refractivity contribution in [3.8, 4) is 23.5 Å². The first-order valence-corrected chi connectivity index (χ1v) is 30.7. The molecule has 22 heteroatoms. The number of likely N-dealkylation sites (tertiary alicyclic amines) is 2. The van der Waals surface area contributed by atoms with E-state index in [1.807, 2.05) is 77.1 Å². The first kappa shape index (κ1) is 56.5. The molecule has 0 spiro atoms. The van der Waals surface area contributed by atoms with E-state index in [0.29, 0.717) is 39.3 Å². The molecule has 4 amide bonds. The van der Waals surface area contributed by atoms with Crippen LogP contribution in [-0.4, -0.2) is 134 Å². The SMILES string of the molecule is C#Cc1ccc(CNC(=O)[C@@H]2C[C@@H](O)CN2C(=O)[C@@H](NC(=O)C2CN(CCS(=O)(=O)NC(=O)c3nc(N(C)c4cc(C)c(Nc5nc6ccccc6s5)nn4)ccc3-c3cnn(CC45CC6CC(CC(C6)C4)C5)c3C)C2)C(C)(C)C)cc1. The lowest BCUT2D eigenvalue weighted by molar-refractivity contribution is -0.145. The lowest BCUT2D eigenvalue weighted by Crippen LogP contribution is -2.61. The second-order valence-corrected chi connectivity index (χ2v) is 27.5. The summed E-state index contributed by atoms with van der Waals surface area (Å²) in [5, 5.41) is 34.3. The number of rotatable bonds is 18. The summed E-state index contributed by atoms with van der Waals surface area (Å²) in [6.45, 7) is 10.7. The molecule has 6 fully saturated rings. The first-order chi connectivity index (χ1) is 39.1. The number of amides is 4. The van der Waals surface area contributed by atoms with E-state index >= 15 is 0 Å². The molecule has 2 aliphatic heterocycles. The topological polar surface area (TPSA) is 250 Å². The largest absolute Gasteiger partial charge is 0.391 e. The van der Waals surface area contributed by atoms with Crippen LogP contribution in [0.4, 0.5) is 22.6 Å². The van der Waals surface area contributed by atoms with Crippen molar-refractivity contribution >= 4 is 77.8 Å². The number of para-hydroxylation sites is 1. The Bertz CT molecular complexity index is 3530. The zero-order valence-electron chi connectivity index (χ0n) is 47.2. The number of fused-ring (bicyclic) bond motifs is 1. The third-order valence-electron chi connectivity index (χ3n) is 17.4. The van der Waals surface area contributed by atoms with Crippen LogP contribution in [0.2, 0.25) is 0 Å². The number of aliphatic hydroxyl groups excluding tert-OH is 1. The molecule has 2 aromatic carbocycles. The Morgan fingerprint density at radius 2 is 1.60 bits per heavy atom. The third kappa shape index (κ3) is 12.0. The average Bonchev–Trinajstić information content (AvgIpc) is 2.87. The van der Waals surface area contributed by atoms with Gasteiger partial charge in [0.15, 0.2) is 16.8 Å². The molecule has 3 atom stereocenters. The van der Waals surface area contributed by atoms with Gasteiger partial charge in [0, 0.05) is 75.1 Å². The lowest BCUT2D eigenvalue weighted by Gasteiger charge is -2.56. The molecule has 0 radical (unpaired) electrons. The molecule has 430 valence electrons. The van der Waals surface area contributed by atoms with Crippen molar-refractivity contribution in [2.24, 2.45) is 34.5 Å². The molecule has 12 rings (SSSR count). The van der Waals surface area contributed by atoms with E-state index in [9.17, 15) is 32.7 Å². The molecule has 0 unspecified atom stereocenters. The van der Waals surface area contributed by atoms with Gasteiger partial charge in [-0.15, -0.1) is 16.6 Å². The number of carbonyl (C=O) groups excluding carboxylic acids is 4. The summed E-state index contributed by atoms with van der Waals surface area (Å²) in [7, 11) is -2.51. The van der Waals surface area contributed by atoms with Crippen LogP contribution in [0.5, 0.6) is 0 Å². The monoisotopic (exact) mass is 1150 g/mol. The molecule has 6 heterocycles. The number of pyridine rings is 1. The van der Waals surface area contributed by atoms with E-state index in [1.54, 1.807) is 47.3 Å². The fourth-order valence-corrected chi connectivity index (χ4v) is 15.3. The second kappa shape index (κ2) is 22.4. The first-order valence-electron chi connectivity index (χ1n) is 28.2. The number of sulfonamides is 1. The Hall–Kier alpha value is -7.32. The van der Waals surface area contributed by atoms with Gasteiger partial charge in [0.05, 0.1) is 34.2 Å². The molecule has 4 bridgehead atoms. The van der Waals surface area contributed by atoms with Crippen LogP contribution in [-0.2, 0) is 37.5 Å². The minimum atomic E-state index is -4.26. The van der Waals surface area contributed by atoms with Gasteiger partial charge in [-0.1, -0.05) is 62.3 Å². The van der Waals surface area contributed by atoms with Crippen molar-refractivity contribution in [1.29, 1.82) is 0 Å². The van der Waals surface area contributed by atoms with E-state index in [-0.39, 0.29) is 50.3 Å². The maximum absolute atomic E-state index is 14.5. The van der Waals surface area contributed by atoms with E-state index < -0.39 is 68.9 Å². The van der Waals surface area contributed by atoms with Crippen LogP contribution < -0.4 is 25.6 Å². The number of aryl methyl sites for hydroxylation is 1. The number of aliphatic hydroxyl groups is 1. The van der Waals surface area contributed by atoms with Crippen molar-refractivity contribution in [1.82, 2.24) is 55.1 Å². The molecular weight excluding hydrogens is 1080 g/mol. The minimum Gasteiger partial charge on any atom is -0.391 e. The zero-order valence-corrected chi connectivity index (χ0v) is 48.8. The summed E-state index contributed by atoms with van der Waals surface area (Å²) in [5.41, 5.74) is 4.47. The lowest BCUT2D eigenvalue weighted by atomic mass is 9.49. The maximum atomic E-state index is 14.5. The summed E-state index contributed by atoms with van der Waals surface area (Å²) in [4.78, 5) is 70.4. The number of thiazole rings is 1. The maximum Gasteiger partial charge on any atom is 0.284 e. The third-order valence-corrected chi connectivity index (χ3v) is 19.6. The fraction of sp³-hybridized carbons (Fsp3) is 0.483. The van der Waals surface area contributed by atoms with Gasteiger partial charge in [-0.2, -0.15) is 5.10 Å². The van der Waals surface area contributed by atoms with Crippen LogP contribution in [0, 0.1) is 60.7 Å². The predicted octanol–water partition coefficient (Wildman–Crippen LogP) is 6.47. The van der Waals surface area contributed by atoms with E-state index in [1.165, 1.54) is 54.8 Å². The van der Waals surface area contributed by atoms with Gasteiger partial charge in [-0.3, -0.25) is 23.9 Å². The Balaban J connectivity index is 0.751. The zero-order chi connectivity index (χ0) is 57.8. The van der Waals surface area contributed by atoms with Gasteiger partial charge in [-0.05, 0) is 135 Å². The van der Waals surface area contributed by atoms with Crippen LogP contribution in [0.25, 0.3) is 21.3 Å². The highest BCUT2D eigenvalue weighted by atomic mass is 32.2. The molecule has 6 aliphatic rings. The van der Waals surface area contributed by atoms with Crippen molar-refractivity contribution in [2.75, 3.05) is 49.2 Å². The van der Waals surface area contributed by atoms with Gasteiger partial charge in [0.25, 0.3) is 5.91 Å². The number of nitrogens with zero attached hydrogens (tertiary/aromatic N) is 9. The molecule has 4 saturated carbocycles. The highest BCUT2D eigenvalue weighted by molar-refractivity contribution is 7.90. The molecule has 5 N–H and O–H groups in total. The van der Waals surface area contributed by atoms with Crippen molar-refractivity contribution < 1.29 is 32.7 Å². The summed E-state index contributed by atoms with van der Waals surface area (Å²) in [6, 6.07) is 18.4. The average molecular weight is 1150 g/mol. The molecule has 6 aromatic rings. The molecule has 4 aliphatic carbocycles. The summed E-state index contributed by atoms with van der Waals surface area (Å²) < 4.78 is 33.2. The highest BCUT2D eigenvalue weighted by Crippen LogP contribution is 2.60. The van der Waals surface area contributed by atoms with E-state index in [4.69, 9.17) is 16.5 Å². The van der Waals surface area contributed by atoms with Gasteiger partial charge in [0.2, 0.25) is 27.7 Å². The normalized spacial score (nSPS) is 22.8. The quantitative estimate of drug-likeness (QED) is 0.0579. The van der Waals surface area contributed by atoms with Crippen LogP contribution >= 0.6 is 11.3 Å².